The van der Waals surface area contributed by atoms with Crippen LogP contribution in [0.25, 0.3) is 0 Å². The third-order valence-corrected chi connectivity index (χ3v) is 3.82. The predicted octanol–water partition coefficient (Wildman–Crippen LogP) is 4.07. The van der Waals surface area contributed by atoms with Crippen molar-refractivity contribution in [3.8, 4) is 0 Å². The fourth-order valence-corrected chi connectivity index (χ4v) is 2.73. The molecule has 1 aromatic carbocycles. The molecule has 0 radical (unpaired) electrons. The van der Waals surface area contributed by atoms with E-state index in [9.17, 15) is 0 Å². The molecule has 3 heteroatoms. The smallest absolute Gasteiger partial charge is 0.0642 e. The summed E-state index contributed by atoms with van der Waals surface area (Å²) in [4.78, 5) is 2.40. The van der Waals surface area contributed by atoms with Crippen LogP contribution in [0.5, 0.6) is 0 Å². The van der Waals surface area contributed by atoms with Crippen molar-refractivity contribution in [2.45, 2.75) is 46.2 Å². The van der Waals surface area contributed by atoms with E-state index in [1.165, 1.54) is 24.1 Å². The number of nitrogens with one attached hydrogen (secondary N) is 1. The van der Waals surface area contributed by atoms with Gasteiger partial charge in [-0.3, -0.25) is 0 Å². The van der Waals surface area contributed by atoms with Crippen molar-refractivity contribution in [3.63, 3.8) is 0 Å². The average Bonchev–Trinajstić information content (AvgIpc) is 3.18. The molecule has 1 aliphatic rings. The molecule has 0 heterocycles. The molecule has 1 saturated carbocycles. The van der Waals surface area contributed by atoms with Gasteiger partial charge in [-0.2, -0.15) is 0 Å². The summed E-state index contributed by atoms with van der Waals surface area (Å²) in [6.07, 6.45) is 2.64. The van der Waals surface area contributed by atoms with Gasteiger partial charge in [0.05, 0.1) is 10.7 Å². The summed E-state index contributed by atoms with van der Waals surface area (Å²) in [5.41, 5.74) is 2.54. The van der Waals surface area contributed by atoms with Crippen molar-refractivity contribution in [1.82, 2.24) is 5.32 Å². The molecule has 0 bridgehead atoms. The molecule has 1 N–H and O–H groups in total. The predicted molar refractivity (Wildman–Crippen MR) is 84.0 cm³/mol. The fourth-order valence-electron chi connectivity index (χ4n) is 2.42. The molecular formula is C16H25ClN2. The van der Waals surface area contributed by atoms with Crippen molar-refractivity contribution in [2.75, 3.05) is 18.0 Å². The van der Waals surface area contributed by atoms with Gasteiger partial charge in [-0.1, -0.05) is 37.6 Å². The fraction of sp³-hybridized carbons (Fsp3) is 0.625. The lowest BCUT2D eigenvalue weighted by molar-refractivity contribution is 0.614. The van der Waals surface area contributed by atoms with Crippen molar-refractivity contribution < 1.29 is 0 Å². The number of nitrogens with zero attached hydrogens (tertiary/aromatic N) is 1. The summed E-state index contributed by atoms with van der Waals surface area (Å²) in [5.74, 6) is 0.639. The standard InChI is InChI=1S/C16H25ClN2/c1-4-19(11-12(2)3)16-13(6-5-7-15(16)17)10-18-14-8-9-14/h5-7,12,14,18H,4,8-11H2,1-3H3. The second kappa shape index (κ2) is 6.62. The zero-order valence-corrected chi connectivity index (χ0v) is 13.0. The van der Waals surface area contributed by atoms with Gasteiger partial charge in [-0.05, 0) is 37.3 Å². The van der Waals surface area contributed by atoms with Crippen LogP contribution in [0.1, 0.15) is 39.2 Å². The summed E-state index contributed by atoms with van der Waals surface area (Å²) < 4.78 is 0. The van der Waals surface area contributed by atoms with E-state index >= 15 is 0 Å². The quantitative estimate of drug-likeness (QED) is 0.810. The van der Waals surface area contributed by atoms with Crippen LogP contribution in [0.2, 0.25) is 5.02 Å². The lowest BCUT2D eigenvalue weighted by Crippen LogP contribution is -2.29. The Hall–Kier alpha value is -0.730. The zero-order chi connectivity index (χ0) is 13.8. The average molecular weight is 281 g/mol. The van der Waals surface area contributed by atoms with E-state index in [4.69, 9.17) is 11.6 Å². The van der Waals surface area contributed by atoms with Crippen molar-refractivity contribution in [1.29, 1.82) is 0 Å². The Morgan fingerprint density at radius 1 is 1.37 bits per heavy atom. The molecule has 0 aromatic heterocycles. The van der Waals surface area contributed by atoms with Crippen molar-refractivity contribution in [2.24, 2.45) is 5.92 Å². The highest BCUT2D eigenvalue weighted by atomic mass is 35.5. The number of halogens is 1. The molecule has 106 valence electrons. The molecule has 0 saturated heterocycles. The highest BCUT2D eigenvalue weighted by Crippen LogP contribution is 2.31. The SMILES string of the molecule is CCN(CC(C)C)c1c(Cl)cccc1CNC1CC1. The van der Waals surface area contributed by atoms with Crippen molar-refractivity contribution in [3.05, 3.63) is 28.8 Å². The second-order valence-corrected chi connectivity index (χ2v) is 6.24. The molecule has 0 aliphatic heterocycles. The summed E-state index contributed by atoms with van der Waals surface area (Å²) >= 11 is 6.45. The minimum absolute atomic E-state index is 0.639. The first-order valence-corrected chi connectivity index (χ1v) is 7.75. The molecule has 0 unspecified atom stereocenters. The topological polar surface area (TPSA) is 15.3 Å². The minimum Gasteiger partial charge on any atom is -0.370 e. The van der Waals surface area contributed by atoms with E-state index in [2.05, 4.69) is 43.1 Å². The molecule has 19 heavy (non-hydrogen) atoms. The summed E-state index contributed by atoms with van der Waals surface area (Å²) in [7, 11) is 0. The van der Waals surface area contributed by atoms with Crippen LogP contribution in [0.3, 0.4) is 0 Å². The number of hydrogen-bond donors (Lipinski definition) is 1. The second-order valence-electron chi connectivity index (χ2n) is 5.84. The van der Waals surface area contributed by atoms with Crippen LogP contribution in [0, 0.1) is 5.92 Å². The Kier molecular flexibility index (Phi) is 5.12. The summed E-state index contributed by atoms with van der Waals surface area (Å²) in [6.45, 7) is 9.68. The van der Waals surface area contributed by atoms with Gasteiger partial charge in [-0.25, -0.2) is 0 Å². The molecule has 2 nitrogen and oxygen atoms in total. The summed E-state index contributed by atoms with van der Waals surface area (Å²) in [5, 5.41) is 4.46. The van der Waals surface area contributed by atoms with E-state index in [0.717, 1.165) is 30.7 Å². The monoisotopic (exact) mass is 280 g/mol. The van der Waals surface area contributed by atoms with Gasteiger partial charge in [0.15, 0.2) is 0 Å². The Labute approximate surface area is 122 Å². The molecule has 0 amide bonds. The van der Waals surface area contributed by atoms with Crippen LogP contribution >= 0.6 is 11.6 Å². The highest BCUT2D eigenvalue weighted by Gasteiger charge is 2.21. The number of rotatable bonds is 7. The van der Waals surface area contributed by atoms with Gasteiger partial charge >= 0.3 is 0 Å². The molecule has 2 rings (SSSR count). The first-order chi connectivity index (χ1) is 9.11. The van der Waals surface area contributed by atoms with E-state index < -0.39 is 0 Å². The van der Waals surface area contributed by atoms with Gasteiger partial charge in [-0.15, -0.1) is 0 Å². The number of anilines is 1. The maximum atomic E-state index is 6.45. The lowest BCUT2D eigenvalue weighted by Gasteiger charge is -2.28. The molecule has 1 aliphatic carbocycles. The number of hydrogen-bond acceptors (Lipinski definition) is 2. The van der Waals surface area contributed by atoms with Crippen LogP contribution in [0.4, 0.5) is 5.69 Å². The summed E-state index contributed by atoms with van der Waals surface area (Å²) in [6, 6.07) is 6.98. The van der Waals surface area contributed by atoms with Crippen LogP contribution in [0.15, 0.2) is 18.2 Å². The minimum atomic E-state index is 0.639. The van der Waals surface area contributed by atoms with E-state index in [0.29, 0.717) is 5.92 Å². The third kappa shape index (κ3) is 4.12. The van der Waals surface area contributed by atoms with Crippen LogP contribution in [-0.4, -0.2) is 19.1 Å². The third-order valence-electron chi connectivity index (χ3n) is 3.51. The maximum Gasteiger partial charge on any atom is 0.0642 e. The van der Waals surface area contributed by atoms with E-state index in [1.54, 1.807) is 0 Å². The number of para-hydroxylation sites is 1. The molecule has 0 atom stereocenters. The van der Waals surface area contributed by atoms with Crippen LogP contribution in [-0.2, 0) is 6.54 Å². The van der Waals surface area contributed by atoms with Gasteiger partial charge < -0.3 is 10.2 Å². The van der Waals surface area contributed by atoms with Gasteiger partial charge in [0.25, 0.3) is 0 Å². The van der Waals surface area contributed by atoms with Crippen LogP contribution < -0.4 is 10.2 Å². The largest absolute Gasteiger partial charge is 0.370 e. The maximum absolute atomic E-state index is 6.45. The van der Waals surface area contributed by atoms with E-state index in [-0.39, 0.29) is 0 Å². The molecular weight excluding hydrogens is 256 g/mol. The first kappa shape index (κ1) is 14.7. The highest BCUT2D eigenvalue weighted by molar-refractivity contribution is 6.33. The first-order valence-electron chi connectivity index (χ1n) is 7.37. The molecule has 1 aromatic rings. The normalized spacial score (nSPS) is 15.0. The Morgan fingerprint density at radius 2 is 2.11 bits per heavy atom. The zero-order valence-electron chi connectivity index (χ0n) is 12.2. The Morgan fingerprint density at radius 3 is 2.68 bits per heavy atom. The van der Waals surface area contributed by atoms with Crippen molar-refractivity contribution >= 4 is 17.3 Å². The van der Waals surface area contributed by atoms with Gasteiger partial charge in [0, 0.05) is 25.7 Å². The Bertz CT molecular complexity index is 413. The number of benzene rings is 1. The van der Waals surface area contributed by atoms with E-state index in [1.807, 2.05) is 6.07 Å². The Balaban J connectivity index is 2.18. The lowest BCUT2D eigenvalue weighted by atomic mass is 10.1. The van der Waals surface area contributed by atoms with Gasteiger partial charge in [0.2, 0.25) is 0 Å². The molecule has 1 fully saturated rings. The molecule has 0 spiro atoms. The van der Waals surface area contributed by atoms with Gasteiger partial charge in [0.1, 0.15) is 0 Å².